The van der Waals surface area contributed by atoms with Gasteiger partial charge in [-0.2, -0.15) is 0 Å². The Labute approximate surface area is 168 Å². The molecule has 5 heteroatoms. The standard InChI is InChI=1S/C22H29N3O.ClH/c1-17(21-12-7-18-5-3-4-6-22(18)23-21)24-13-15-25(16-14-24)19-8-10-20(26-2)11-9-19;/h3-6,8-11,17,21,23H,7,12-16H2,1-2H3;1H. The number of halogens is 1. The van der Waals surface area contributed by atoms with Gasteiger partial charge in [0, 0.05) is 49.6 Å². The lowest BCUT2D eigenvalue weighted by Gasteiger charge is -2.43. The van der Waals surface area contributed by atoms with E-state index in [-0.39, 0.29) is 12.4 Å². The number of nitrogens with one attached hydrogen (secondary N) is 1. The third-order valence-corrected chi connectivity index (χ3v) is 5.99. The number of fused-ring (bicyclic) bond motifs is 1. The van der Waals surface area contributed by atoms with E-state index >= 15 is 0 Å². The van der Waals surface area contributed by atoms with E-state index in [4.69, 9.17) is 4.74 Å². The van der Waals surface area contributed by atoms with Crippen molar-refractivity contribution in [1.82, 2.24) is 4.90 Å². The maximum Gasteiger partial charge on any atom is 0.119 e. The number of hydrogen-bond acceptors (Lipinski definition) is 4. The summed E-state index contributed by atoms with van der Waals surface area (Å²) in [5.41, 5.74) is 4.08. The van der Waals surface area contributed by atoms with Crippen LogP contribution in [0.1, 0.15) is 18.9 Å². The molecule has 2 aliphatic heterocycles. The number of aryl methyl sites for hydroxylation is 1. The molecule has 0 spiro atoms. The SMILES string of the molecule is COc1ccc(N2CCN(C(C)C3CCc4ccccc4N3)CC2)cc1.Cl. The van der Waals surface area contributed by atoms with E-state index in [0.29, 0.717) is 12.1 Å². The van der Waals surface area contributed by atoms with E-state index < -0.39 is 0 Å². The van der Waals surface area contributed by atoms with Crippen LogP contribution in [0.4, 0.5) is 11.4 Å². The molecule has 0 radical (unpaired) electrons. The highest BCUT2D eigenvalue weighted by atomic mass is 35.5. The Morgan fingerprint density at radius 2 is 1.70 bits per heavy atom. The van der Waals surface area contributed by atoms with Crippen molar-refractivity contribution < 1.29 is 4.74 Å². The lowest BCUT2D eigenvalue weighted by Crippen LogP contribution is -2.54. The van der Waals surface area contributed by atoms with Crippen LogP contribution >= 0.6 is 12.4 Å². The fraction of sp³-hybridized carbons (Fsp3) is 0.455. The maximum absolute atomic E-state index is 5.26. The Kier molecular flexibility index (Phi) is 6.51. The minimum atomic E-state index is 0. The van der Waals surface area contributed by atoms with Crippen LogP contribution in [0.25, 0.3) is 0 Å². The number of benzene rings is 2. The zero-order chi connectivity index (χ0) is 17.9. The number of methoxy groups -OCH3 is 1. The van der Waals surface area contributed by atoms with Crippen molar-refractivity contribution >= 4 is 23.8 Å². The highest BCUT2D eigenvalue weighted by Gasteiger charge is 2.29. The molecule has 27 heavy (non-hydrogen) atoms. The highest BCUT2D eigenvalue weighted by Crippen LogP contribution is 2.28. The predicted octanol–water partition coefficient (Wildman–Crippen LogP) is 4.05. The first-order chi connectivity index (χ1) is 12.7. The minimum Gasteiger partial charge on any atom is -0.497 e. The van der Waals surface area contributed by atoms with Crippen LogP contribution < -0.4 is 15.0 Å². The van der Waals surface area contributed by atoms with E-state index in [9.17, 15) is 0 Å². The van der Waals surface area contributed by atoms with Crippen molar-refractivity contribution in [2.24, 2.45) is 0 Å². The van der Waals surface area contributed by atoms with Gasteiger partial charge >= 0.3 is 0 Å². The average molecular weight is 388 g/mol. The van der Waals surface area contributed by atoms with Gasteiger partial charge in [0.2, 0.25) is 0 Å². The largest absolute Gasteiger partial charge is 0.497 e. The van der Waals surface area contributed by atoms with E-state index in [0.717, 1.165) is 31.9 Å². The van der Waals surface area contributed by atoms with E-state index in [1.807, 2.05) is 12.1 Å². The number of nitrogens with zero attached hydrogens (tertiary/aromatic N) is 2. The van der Waals surface area contributed by atoms with Crippen LogP contribution in [-0.4, -0.2) is 50.3 Å². The number of ether oxygens (including phenoxy) is 1. The fourth-order valence-electron chi connectivity index (χ4n) is 4.26. The van der Waals surface area contributed by atoms with Gasteiger partial charge in [-0.25, -0.2) is 0 Å². The smallest absolute Gasteiger partial charge is 0.119 e. The molecule has 4 rings (SSSR count). The molecule has 2 heterocycles. The number of para-hydroxylation sites is 1. The molecule has 2 aliphatic rings. The summed E-state index contributed by atoms with van der Waals surface area (Å²) in [4.78, 5) is 5.12. The topological polar surface area (TPSA) is 27.7 Å². The molecule has 0 amide bonds. The summed E-state index contributed by atoms with van der Waals surface area (Å²) in [6, 6.07) is 18.3. The Hall–Kier alpha value is -1.91. The number of anilines is 2. The van der Waals surface area contributed by atoms with Gasteiger partial charge in [-0.1, -0.05) is 18.2 Å². The van der Waals surface area contributed by atoms with Crippen molar-refractivity contribution in [2.45, 2.75) is 31.8 Å². The van der Waals surface area contributed by atoms with Crippen LogP contribution in [0.2, 0.25) is 0 Å². The second-order valence-corrected chi connectivity index (χ2v) is 7.41. The lowest BCUT2D eigenvalue weighted by molar-refractivity contribution is 0.175. The van der Waals surface area contributed by atoms with E-state index in [2.05, 4.69) is 58.4 Å². The Morgan fingerprint density at radius 1 is 1.00 bits per heavy atom. The quantitative estimate of drug-likeness (QED) is 0.856. The molecule has 0 aromatic heterocycles. The summed E-state index contributed by atoms with van der Waals surface area (Å²) in [6.45, 7) is 6.79. The highest BCUT2D eigenvalue weighted by molar-refractivity contribution is 5.85. The number of rotatable bonds is 4. The van der Waals surface area contributed by atoms with Gasteiger partial charge in [0.1, 0.15) is 5.75 Å². The Bertz CT molecular complexity index is 729. The zero-order valence-corrected chi connectivity index (χ0v) is 17.0. The first-order valence-corrected chi connectivity index (χ1v) is 9.72. The second-order valence-electron chi connectivity index (χ2n) is 7.41. The molecule has 2 unspecified atom stereocenters. The van der Waals surface area contributed by atoms with Gasteiger partial charge in [0.25, 0.3) is 0 Å². The second kappa shape index (κ2) is 8.85. The Morgan fingerprint density at radius 3 is 2.41 bits per heavy atom. The molecule has 0 aliphatic carbocycles. The van der Waals surface area contributed by atoms with Gasteiger partial charge in [0.15, 0.2) is 0 Å². The van der Waals surface area contributed by atoms with Crippen LogP contribution in [0.3, 0.4) is 0 Å². The fourth-order valence-corrected chi connectivity index (χ4v) is 4.26. The van der Waals surface area contributed by atoms with Gasteiger partial charge in [-0.05, 0) is 55.7 Å². The van der Waals surface area contributed by atoms with E-state index in [1.165, 1.54) is 29.8 Å². The lowest BCUT2D eigenvalue weighted by atomic mass is 9.93. The monoisotopic (exact) mass is 387 g/mol. The summed E-state index contributed by atoms with van der Waals surface area (Å²) >= 11 is 0. The molecule has 2 aromatic rings. The van der Waals surface area contributed by atoms with Gasteiger partial charge in [0.05, 0.1) is 7.11 Å². The summed E-state index contributed by atoms with van der Waals surface area (Å²) in [7, 11) is 1.72. The average Bonchev–Trinajstić information content (AvgIpc) is 2.73. The molecule has 146 valence electrons. The van der Waals surface area contributed by atoms with Crippen LogP contribution in [0.15, 0.2) is 48.5 Å². The number of hydrogen-bond donors (Lipinski definition) is 1. The molecule has 0 bridgehead atoms. The molecule has 4 nitrogen and oxygen atoms in total. The maximum atomic E-state index is 5.26. The van der Waals surface area contributed by atoms with Crippen LogP contribution in [0.5, 0.6) is 5.75 Å². The van der Waals surface area contributed by atoms with E-state index in [1.54, 1.807) is 7.11 Å². The first kappa shape index (κ1) is 19.8. The summed E-state index contributed by atoms with van der Waals surface area (Å²) < 4.78 is 5.26. The molecule has 1 saturated heterocycles. The van der Waals surface area contributed by atoms with Crippen LogP contribution in [-0.2, 0) is 6.42 Å². The van der Waals surface area contributed by atoms with Crippen molar-refractivity contribution in [3.8, 4) is 5.75 Å². The molecule has 1 fully saturated rings. The zero-order valence-electron chi connectivity index (χ0n) is 16.2. The van der Waals surface area contributed by atoms with Crippen LogP contribution in [0, 0.1) is 0 Å². The van der Waals surface area contributed by atoms with Crippen molar-refractivity contribution in [1.29, 1.82) is 0 Å². The van der Waals surface area contributed by atoms with Gasteiger partial charge in [-0.15, -0.1) is 12.4 Å². The third-order valence-electron chi connectivity index (χ3n) is 5.99. The van der Waals surface area contributed by atoms with Gasteiger partial charge in [-0.3, -0.25) is 4.90 Å². The summed E-state index contributed by atoms with van der Waals surface area (Å²) in [6.07, 6.45) is 2.40. The third kappa shape index (κ3) is 4.33. The molecular formula is C22H30ClN3O. The molecule has 1 N–H and O–H groups in total. The van der Waals surface area contributed by atoms with Crippen molar-refractivity contribution in [3.05, 3.63) is 54.1 Å². The van der Waals surface area contributed by atoms with Gasteiger partial charge < -0.3 is 15.0 Å². The molecular weight excluding hydrogens is 358 g/mol. The molecule has 2 aromatic carbocycles. The predicted molar refractivity (Wildman–Crippen MR) is 116 cm³/mol. The summed E-state index contributed by atoms with van der Waals surface area (Å²) in [5.74, 6) is 0.921. The normalized spacial score (nSPS) is 20.8. The van der Waals surface area contributed by atoms with Crippen molar-refractivity contribution in [3.63, 3.8) is 0 Å². The van der Waals surface area contributed by atoms with Crippen molar-refractivity contribution in [2.75, 3.05) is 43.5 Å². The first-order valence-electron chi connectivity index (χ1n) is 9.72. The Balaban J connectivity index is 0.00000210. The summed E-state index contributed by atoms with van der Waals surface area (Å²) in [5, 5.41) is 3.78. The molecule has 2 atom stereocenters. The number of piperazine rings is 1. The molecule has 0 saturated carbocycles. The minimum absolute atomic E-state index is 0.